The number of likely N-dealkylation sites (N-methyl/N-ethyl adjacent to an activating group) is 1. The summed E-state index contributed by atoms with van der Waals surface area (Å²) >= 11 is 0. The van der Waals surface area contributed by atoms with E-state index in [0.717, 1.165) is 5.56 Å². The molecule has 2 aromatic rings. The molecule has 2 unspecified atom stereocenters. The summed E-state index contributed by atoms with van der Waals surface area (Å²) in [7, 11) is 6.67. The second-order valence-electron chi connectivity index (χ2n) is 10.9. The standard InChI is InChI=1S/C31H31N3O7/c1-33(2)20-14-16(11-10-15-8-6-5-7-9-15)25(35)22-18(20)12-17-13-19-24(34(3)4)27(37)23(30(32)40)29(39)31(19,41)28(38)21(17)26(22)36/h5-14,17,19,24,35-36,39,41H,1-4H3,(H2,32,40)/b11-10+/t17?,19?,24-,31-/m0/s1. The van der Waals surface area contributed by atoms with E-state index in [0.29, 0.717) is 16.8 Å². The van der Waals surface area contributed by atoms with Crippen molar-refractivity contribution in [1.82, 2.24) is 4.90 Å². The van der Waals surface area contributed by atoms with Gasteiger partial charge in [-0.15, -0.1) is 0 Å². The van der Waals surface area contributed by atoms with Crippen LogP contribution in [0.2, 0.25) is 0 Å². The summed E-state index contributed by atoms with van der Waals surface area (Å²) in [5, 5.41) is 45.6. The predicted molar refractivity (Wildman–Crippen MR) is 153 cm³/mol. The van der Waals surface area contributed by atoms with Crippen LogP contribution in [0.25, 0.3) is 17.9 Å². The number of ketones is 2. The van der Waals surface area contributed by atoms with Gasteiger partial charge in [0.1, 0.15) is 22.8 Å². The molecule has 41 heavy (non-hydrogen) atoms. The van der Waals surface area contributed by atoms with Crippen molar-refractivity contribution < 1.29 is 34.8 Å². The Kier molecular flexibility index (Phi) is 6.79. The van der Waals surface area contributed by atoms with E-state index in [9.17, 15) is 34.8 Å². The fraction of sp³-hybridized carbons (Fsp3) is 0.258. The number of hydrogen-bond donors (Lipinski definition) is 5. The van der Waals surface area contributed by atoms with Crippen LogP contribution in [0.1, 0.15) is 22.3 Å². The lowest BCUT2D eigenvalue weighted by atomic mass is 9.57. The van der Waals surface area contributed by atoms with Gasteiger partial charge in [-0.1, -0.05) is 42.5 Å². The Morgan fingerprint density at radius 1 is 1.02 bits per heavy atom. The highest BCUT2D eigenvalue weighted by Crippen LogP contribution is 2.54. The van der Waals surface area contributed by atoms with Gasteiger partial charge in [0, 0.05) is 49.2 Å². The van der Waals surface area contributed by atoms with Crippen LogP contribution in [0.4, 0.5) is 5.69 Å². The van der Waals surface area contributed by atoms with Gasteiger partial charge in [0.25, 0.3) is 5.91 Å². The molecule has 5 rings (SSSR count). The molecule has 1 saturated carbocycles. The molecule has 0 aromatic heterocycles. The minimum atomic E-state index is -2.75. The number of benzene rings is 2. The highest BCUT2D eigenvalue weighted by atomic mass is 16.3. The molecule has 2 aromatic carbocycles. The number of aliphatic hydroxyl groups excluding tert-OH is 2. The molecule has 6 N–H and O–H groups in total. The molecular weight excluding hydrogens is 526 g/mol. The molecule has 1 amide bonds. The number of nitrogens with two attached hydrogens (primary N) is 1. The van der Waals surface area contributed by atoms with Gasteiger partial charge in [0.2, 0.25) is 5.78 Å². The smallest absolute Gasteiger partial charge is 0.255 e. The third-order valence-electron chi connectivity index (χ3n) is 8.00. The number of aliphatic hydroxyl groups is 3. The maximum Gasteiger partial charge on any atom is 0.255 e. The van der Waals surface area contributed by atoms with Crippen LogP contribution in [0.5, 0.6) is 5.75 Å². The molecule has 10 nitrogen and oxygen atoms in total. The average molecular weight is 558 g/mol. The Balaban J connectivity index is 1.72. The highest BCUT2D eigenvalue weighted by molar-refractivity contribution is 6.25. The summed E-state index contributed by atoms with van der Waals surface area (Å²) < 4.78 is 0. The number of carbonyl (C=O) groups is 3. The van der Waals surface area contributed by atoms with E-state index in [1.807, 2.05) is 30.3 Å². The van der Waals surface area contributed by atoms with Crippen LogP contribution in [0, 0.1) is 24.7 Å². The third kappa shape index (κ3) is 4.13. The number of hydrogen-bond acceptors (Lipinski definition) is 9. The van der Waals surface area contributed by atoms with Crippen LogP contribution in [-0.4, -0.2) is 82.6 Å². The first-order valence-electron chi connectivity index (χ1n) is 13.0. The fourth-order valence-electron chi connectivity index (χ4n) is 6.05. The Morgan fingerprint density at radius 2 is 1.68 bits per heavy atom. The molecule has 0 saturated heterocycles. The number of anilines is 1. The first-order chi connectivity index (χ1) is 19.3. The zero-order valence-electron chi connectivity index (χ0n) is 23.0. The minimum Gasteiger partial charge on any atom is -0.508 e. The zero-order chi connectivity index (χ0) is 30.0. The van der Waals surface area contributed by atoms with Gasteiger partial charge in [0.05, 0.1) is 11.6 Å². The van der Waals surface area contributed by atoms with Gasteiger partial charge in [0.15, 0.2) is 11.4 Å². The molecule has 0 aliphatic heterocycles. The lowest BCUT2D eigenvalue weighted by Gasteiger charge is -2.50. The molecule has 0 bridgehead atoms. The van der Waals surface area contributed by atoms with Gasteiger partial charge in [-0.25, -0.2) is 0 Å². The van der Waals surface area contributed by atoms with Gasteiger partial charge >= 0.3 is 0 Å². The molecule has 10 heteroatoms. The van der Waals surface area contributed by atoms with Crippen molar-refractivity contribution in [2.45, 2.75) is 11.6 Å². The molecule has 0 spiro atoms. The van der Waals surface area contributed by atoms with Gasteiger partial charge in [-0.2, -0.15) is 0 Å². The van der Waals surface area contributed by atoms with Crippen molar-refractivity contribution in [3.05, 3.63) is 88.4 Å². The first kappa shape index (κ1) is 28.1. The second kappa shape index (κ2) is 9.90. The monoisotopic (exact) mass is 557 g/mol. The van der Waals surface area contributed by atoms with Crippen molar-refractivity contribution in [3.8, 4) is 5.75 Å². The number of Topliss-reactive ketones (excluding diaryl/α,β-unsaturated/α-hetero) is 2. The van der Waals surface area contributed by atoms with Gasteiger partial charge < -0.3 is 31.1 Å². The zero-order valence-corrected chi connectivity index (χ0v) is 23.0. The quantitative estimate of drug-likeness (QED) is 0.273. The van der Waals surface area contributed by atoms with Crippen molar-refractivity contribution in [1.29, 1.82) is 0 Å². The number of nitrogens with zero attached hydrogens (tertiary/aromatic N) is 2. The number of fused-ring (bicyclic) bond motifs is 3. The summed E-state index contributed by atoms with van der Waals surface area (Å²) in [6.07, 6.45) is 6.65. The first-order valence-corrected chi connectivity index (χ1v) is 13.0. The maximum atomic E-state index is 14.0. The van der Waals surface area contributed by atoms with Crippen LogP contribution in [-0.2, 0) is 14.4 Å². The molecule has 3 aliphatic carbocycles. The molecular formula is C31H31N3O7. The van der Waals surface area contributed by atoms with Crippen LogP contribution in [0.3, 0.4) is 0 Å². The summed E-state index contributed by atoms with van der Waals surface area (Å²) in [5.74, 6) is -7.39. The Labute approximate surface area is 237 Å². The van der Waals surface area contributed by atoms with Crippen molar-refractivity contribution in [2.24, 2.45) is 17.6 Å². The molecule has 4 atom stereocenters. The van der Waals surface area contributed by atoms with Crippen molar-refractivity contribution in [3.63, 3.8) is 0 Å². The topological polar surface area (TPSA) is 165 Å². The normalized spacial score (nSPS) is 25.9. The Morgan fingerprint density at radius 3 is 2.27 bits per heavy atom. The fourth-order valence-corrected chi connectivity index (χ4v) is 6.05. The summed E-state index contributed by atoms with van der Waals surface area (Å²) in [5.41, 5.74) is 3.79. The summed E-state index contributed by atoms with van der Waals surface area (Å²) in [6, 6.07) is 9.96. The molecule has 3 aliphatic rings. The third-order valence-corrected chi connectivity index (χ3v) is 8.00. The Bertz CT molecular complexity index is 1570. The number of phenols is 1. The predicted octanol–water partition coefficient (Wildman–Crippen LogP) is 2.02. The largest absolute Gasteiger partial charge is 0.508 e. The molecule has 2 radical (unpaired) electrons. The minimum absolute atomic E-state index is 0.0198. The molecule has 1 fully saturated rings. The van der Waals surface area contributed by atoms with Gasteiger partial charge in [-0.3, -0.25) is 19.3 Å². The lowest BCUT2D eigenvalue weighted by molar-refractivity contribution is -0.149. The Hall–Kier alpha value is -4.41. The maximum absolute atomic E-state index is 14.0. The summed E-state index contributed by atoms with van der Waals surface area (Å²) in [6.45, 7) is 0. The number of amides is 1. The van der Waals surface area contributed by atoms with Crippen LogP contribution < -0.4 is 10.6 Å². The van der Waals surface area contributed by atoms with E-state index in [1.54, 1.807) is 43.6 Å². The van der Waals surface area contributed by atoms with E-state index in [4.69, 9.17) is 5.73 Å². The second-order valence-corrected chi connectivity index (χ2v) is 10.9. The SMILES string of the molecule is CN(C)c1cc(/C=C/c2ccccc2)c(O)c2c1[CH]C1[CH]C3[C@H](N(C)C)C(=O)C(C(N)=O)=C(O)[C@@]3(O)C(=O)C1=C2O. The number of aromatic hydroxyl groups is 1. The van der Waals surface area contributed by atoms with E-state index in [1.165, 1.54) is 25.4 Å². The summed E-state index contributed by atoms with van der Waals surface area (Å²) in [4.78, 5) is 42.6. The highest BCUT2D eigenvalue weighted by Gasteiger charge is 2.64. The average Bonchev–Trinajstić information content (AvgIpc) is 2.90. The van der Waals surface area contributed by atoms with Crippen LogP contribution >= 0.6 is 0 Å². The number of carbonyl (C=O) groups excluding carboxylic acids is 3. The van der Waals surface area contributed by atoms with Crippen LogP contribution in [0.15, 0.2) is 53.3 Å². The van der Waals surface area contributed by atoms with E-state index < -0.39 is 58.0 Å². The van der Waals surface area contributed by atoms with Crippen molar-refractivity contribution >= 4 is 41.1 Å². The number of rotatable bonds is 5. The number of phenolic OH excluding ortho intramolecular Hbond substituents is 1. The van der Waals surface area contributed by atoms with E-state index in [2.05, 4.69) is 0 Å². The lowest BCUT2D eigenvalue weighted by Crippen LogP contribution is -2.66. The van der Waals surface area contributed by atoms with E-state index in [-0.39, 0.29) is 16.9 Å². The van der Waals surface area contributed by atoms with E-state index >= 15 is 0 Å². The van der Waals surface area contributed by atoms with Crippen molar-refractivity contribution in [2.75, 3.05) is 33.1 Å². The molecule has 0 heterocycles. The number of primary amides is 1. The molecule has 212 valence electrons. The van der Waals surface area contributed by atoms with Gasteiger partial charge in [-0.05, 0) is 37.7 Å².